The first kappa shape index (κ1) is 17.0. The van der Waals surface area contributed by atoms with E-state index in [0.29, 0.717) is 19.4 Å². The molecule has 1 saturated carbocycles. The van der Waals surface area contributed by atoms with Crippen LogP contribution in [0.1, 0.15) is 18.4 Å². The van der Waals surface area contributed by atoms with Crippen molar-refractivity contribution in [1.29, 1.82) is 0 Å². The Morgan fingerprint density at radius 2 is 1.76 bits per heavy atom. The maximum absolute atomic E-state index is 13.7. The van der Waals surface area contributed by atoms with Crippen LogP contribution in [0.15, 0.2) is 48.5 Å². The molecule has 0 spiro atoms. The van der Waals surface area contributed by atoms with Crippen LogP contribution in [0.4, 0.5) is 10.1 Å². The molecule has 2 amide bonds. The summed E-state index contributed by atoms with van der Waals surface area (Å²) in [6.07, 6.45) is 0.920. The lowest BCUT2D eigenvalue weighted by Crippen LogP contribution is -2.39. The van der Waals surface area contributed by atoms with Gasteiger partial charge in [0.1, 0.15) is 17.0 Å². The molecule has 2 aromatic rings. The van der Waals surface area contributed by atoms with Gasteiger partial charge in [0.05, 0.1) is 12.8 Å². The fourth-order valence-corrected chi connectivity index (χ4v) is 2.58. The zero-order valence-electron chi connectivity index (χ0n) is 13.8. The number of carbonyl (C=O) groups excluding carboxylic acids is 2. The molecule has 0 atom stereocenters. The molecule has 0 aliphatic heterocycles. The van der Waals surface area contributed by atoms with Crippen molar-refractivity contribution >= 4 is 17.5 Å². The molecule has 0 aromatic heterocycles. The van der Waals surface area contributed by atoms with Crippen molar-refractivity contribution in [3.05, 3.63) is 59.9 Å². The molecule has 1 aliphatic carbocycles. The largest absolute Gasteiger partial charge is 0.497 e. The lowest BCUT2D eigenvalue weighted by atomic mass is 10.0. The number of nitrogens with one attached hydrogen (secondary N) is 2. The summed E-state index contributed by atoms with van der Waals surface area (Å²) in [6, 6.07) is 13.2. The van der Waals surface area contributed by atoms with Crippen molar-refractivity contribution in [2.75, 3.05) is 12.4 Å². The van der Waals surface area contributed by atoms with Crippen molar-refractivity contribution in [3.63, 3.8) is 0 Å². The van der Waals surface area contributed by atoms with Gasteiger partial charge in [0.2, 0.25) is 11.8 Å². The van der Waals surface area contributed by atoms with Crippen LogP contribution in [-0.2, 0) is 16.1 Å². The number of amides is 2. The highest BCUT2D eigenvalue weighted by Crippen LogP contribution is 2.47. The third-order valence-electron chi connectivity index (χ3n) is 4.35. The van der Waals surface area contributed by atoms with E-state index < -0.39 is 17.1 Å². The molecular formula is C19H19FN2O3. The number of para-hydroxylation sites is 1. The maximum atomic E-state index is 13.7. The van der Waals surface area contributed by atoms with Crippen molar-refractivity contribution in [1.82, 2.24) is 5.32 Å². The first-order chi connectivity index (χ1) is 12.0. The topological polar surface area (TPSA) is 67.4 Å². The lowest BCUT2D eigenvalue weighted by molar-refractivity contribution is -0.134. The van der Waals surface area contributed by atoms with Gasteiger partial charge in [-0.25, -0.2) is 4.39 Å². The number of halogens is 1. The number of carbonyl (C=O) groups is 2. The van der Waals surface area contributed by atoms with E-state index in [-0.39, 0.29) is 11.6 Å². The summed E-state index contributed by atoms with van der Waals surface area (Å²) < 4.78 is 18.8. The third-order valence-corrected chi connectivity index (χ3v) is 4.35. The Labute approximate surface area is 145 Å². The molecule has 0 unspecified atom stereocenters. The second-order valence-electron chi connectivity index (χ2n) is 6.05. The number of rotatable bonds is 6. The van der Waals surface area contributed by atoms with Crippen LogP contribution in [0.5, 0.6) is 5.75 Å². The molecule has 6 heteroatoms. The Morgan fingerprint density at radius 1 is 1.08 bits per heavy atom. The molecular weight excluding hydrogens is 323 g/mol. The van der Waals surface area contributed by atoms with E-state index in [2.05, 4.69) is 10.6 Å². The Hall–Kier alpha value is -2.89. The summed E-state index contributed by atoms with van der Waals surface area (Å²) in [5.41, 5.74) is -0.115. The number of hydrogen-bond donors (Lipinski definition) is 2. The van der Waals surface area contributed by atoms with E-state index in [1.54, 1.807) is 31.4 Å². The van der Waals surface area contributed by atoms with E-state index >= 15 is 0 Å². The number of anilines is 1. The van der Waals surface area contributed by atoms with Crippen molar-refractivity contribution in [3.8, 4) is 5.75 Å². The van der Waals surface area contributed by atoms with Gasteiger partial charge in [-0.05, 0) is 42.7 Å². The van der Waals surface area contributed by atoms with E-state index in [9.17, 15) is 14.0 Å². The molecule has 5 nitrogen and oxygen atoms in total. The average molecular weight is 342 g/mol. The van der Waals surface area contributed by atoms with Crippen LogP contribution < -0.4 is 15.4 Å². The fourth-order valence-electron chi connectivity index (χ4n) is 2.58. The molecule has 0 radical (unpaired) electrons. The maximum Gasteiger partial charge on any atom is 0.240 e. The van der Waals surface area contributed by atoms with Crippen LogP contribution in [0.3, 0.4) is 0 Å². The van der Waals surface area contributed by atoms with E-state index in [1.165, 1.54) is 12.1 Å². The Morgan fingerprint density at radius 3 is 2.36 bits per heavy atom. The van der Waals surface area contributed by atoms with E-state index in [1.807, 2.05) is 12.1 Å². The molecule has 2 N–H and O–H groups in total. The summed E-state index contributed by atoms with van der Waals surface area (Å²) in [7, 11) is 1.59. The third kappa shape index (κ3) is 3.63. The predicted molar refractivity (Wildman–Crippen MR) is 91.5 cm³/mol. The minimum absolute atomic E-state index is 0.0849. The molecule has 0 bridgehead atoms. The lowest BCUT2D eigenvalue weighted by Gasteiger charge is -2.16. The molecule has 2 aromatic carbocycles. The van der Waals surface area contributed by atoms with E-state index in [0.717, 1.165) is 11.3 Å². The van der Waals surface area contributed by atoms with Crippen molar-refractivity contribution in [2.45, 2.75) is 19.4 Å². The van der Waals surface area contributed by atoms with Crippen LogP contribution in [0.25, 0.3) is 0 Å². The average Bonchev–Trinajstić information content (AvgIpc) is 3.44. The normalized spacial score (nSPS) is 14.5. The Bertz CT molecular complexity index is 786. The zero-order valence-corrected chi connectivity index (χ0v) is 13.8. The summed E-state index contributed by atoms with van der Waals surface area (Å²) in [6.45, 7) is 0.317. The van der Waals surface area contributed by atoms with Gasteiger partial charge in [0.25, 0.3) is 0 Å². The Kier molecular flexibility index (Phi) is 4.70. The van der Waals surface area contributed by atoms with Gasteiger partial charge in [-0.15, -0.1) is 0 Å². The second-order valence-corrected chi connectivity index (χ2v) is 6.05. The fraction of sp³-hybridized carbons (Fsp3) is 0.263. The van der Waals surface area contributed by atoms with Gasteiger partial charge in [-0.3, -0.25) is 9.59 Å². The predicted octanol–water partition coefficient (Wildman–Crippen LogP) is 2.87. The number of benzene rings is 2. The minimum atomic E-state index is -1.10. The number of hydrogen-bond acceptors (Lipinski definition) is 3. The highest BCUT2D eigenvalue weighted by molar-refractivity contribution is 6.13. The van der Waals surface area contributed by atoms with Crippen molar-refractivity contribution in [2.24, 2.45) is 5.41 Å². The van der Waals surface area contributed by atoms with Gasteiger partial charge in [-0.2, -0.15) is 0 Å². The SMILES string of the molecule is COc1ccc(CNC(=O)C2(C(=O)Nc3ccccc3F)CC2)cc1. The van der Waals surface area contributed by atoms with Crippen LogP contribution in [-0.4, -0.2) is 18.9 Å². The smallest absolute Gasteiger partial charge is 0.240 e. The summed E-state index contributed by atoms with van der Waals surface area (Å²) in [5.74, 6) is -0.592. The molecule has 25 heavy (non-hydrogen) atoms. The van der Waals surface area contributed by atoms with Gasteiger partial charge < -0.3 is 15.4 Å². The van der Waals surface area contributed by atoms with Crippen LogP contribution >= 0.6 is 0 Å². The molecule has 1 aliphatic rings. The molecule has 0 heterocycles. The first-order valence-corrected chi connectivity index (χ1v) is 8.02. The van der Waals surface area contributed by atoms with Gasteiger partial charge in [0, 0.05) is 6.54 Å². The van der Waals surface area contributed by atoms with Crippen molar-refractivity contribution < 1.29 is 18.7 Å². The highest BCUT2D eigenvalue weighted by Gasteiger charge is 2.56. The summed E-state index contributed by atoms with van der Waals surface area (Å²) in [5, 5.41) is 5.30. The van der Waals surface area contributed by atoms with Gasteiger partial charge >= 0.3 is 0 Å². The summed E-state index contributed by atoms with van der Waals surface area (Å²) in [4.78, 5) is 24.9. The number of methoxy groups -OCH3 is 1. The Balaban J connectivity index is 1.60. The zero-order chi connectivity index (χ0) is 17.9. The molecule has 3 rings (SSSR count). The number of ether oxygens (including phenoxy) is 1. The highest BCUT2D eigenvalue weighted by atomic mass is 19.1. The molecule has 1 fully saturated rings. The van der Waals surface area contributed by atoms with Crippen LogP contribution in [0, 0.1) is 11.2 Å². The van der Waals surface area contributed by atoms with Crippen LogP contribution in [0.2, 0.25) is 0 Å². The first-order valence-electron chi connectivity index (χ1n) is 8.02. The van der Waals surface area contributed by atoms with Gasteiger partial charge in [-0.1, -0.05) is 24.3 Å². The van der Waals surface area contributed by atoms with E-state index in [4.69, 9.17) is 4.74 Å². The standard InChI is InChI=1S/C19H19FN2O3/c1-25-14-8-6-13(7-9-14)12-21-17(23)19(10-11-19)18(24)22-16-5-3-2-4-15(16)20/h2-9H,10-12H2,1H3,(H,21,23)(H,22,24). The molecule has 0 saturated heterocycles. The quantitative estimate of drug-likeness (QED) is 0.793. The van der Waals surface area contributed by atoms with Gasteiger partial charge in [0.15, 0.2) is 0 Å². The monoisotopic (exact) mass is 342 g/mol. The minimum Gasteiger partial charge on any atom is -0.497 e. The summed E-state index contributed by atoms with van der Waals surface area (Å²) >= 11 is 0. The second kappa shape index (κ2) is 6.93. The molecule has 130 valence electrons.